The second kappa shape index (κ2) is 7.65. The van der Waals surface area contributed by atoms with Gasteiger partial charge in [-0.15, -0.1) is 0 Å². The minimum atomic E-state index is -0.539. The molecule has 2 aromatic rings. The number of hydrogen-bond donors (Lipinski definition) is 3. The Balaban J connectivity index is 1.79. The molecule has 0 aliphatic heterocycles. The molecule has 0 spiro atoms. The molecule has 7 nitrogen and oxygen atoms in total. The normalized spacial score (nSPS) is 19.8. The first kappa shape index (κ1) is 18.1. The maximum atomic E-state index is 13.5. The number of carbonyl (C=O) groups excluding carboxylic acids is 1. The number of ketones is 1. The summed E-state index contributed by atoms with van der Waals surface area (Å²) in [4.78, 5) is 21.1. The van der Waals surface area contributed by atoms with Crippen LogP contribution in [0.2, 0.25) is 0 Å². The van der Waals surface area contributed by atoms with Gasteiger partial charge in [0.15, 0.2) is 0 Å². The molecule has 5 N–H and O–H groups in total. The molecule has 0 amide bonds. The topological polar surface area (TPSA) is 116 Å². The third-order valence-corrected chi connectivity index (χ3v) is 4.57. The second-order valence-electron chi connectivity index (χ2n) is 6.42. The zero-order valence-corrected chi connectivity index (χ0v) is 14.5. The summed E-state index contributed by atoms with van der Waals surface area (Å²) in [6, 6.07) is 4.21. The zero-order valence-electron chi connectivity index (χ0n) is 14.5. The van der Waals surface area contributed by atoms with Crippen LogP contribution in [0.4, 0.5) is 16.2 Å². The number of aromatic nitrogens is 2. The fraction of sp³-hybridized carbons (Fsp3) is 0.389. The van der Waals surface area contributed by atoms with Crippen molar-refractivity contribution in [2.45, 2.75) is 37.8 Å². The van der Waals surface area contributed by atoms with Crippen LogP contribution in [0.1, 0.15) is 41.6 Å². The Morgan fingerprint density at radius 1 is 1.27 bits per heavy atom. The van der Waals surface area contributed by atoms with Gasteiger partial charge in [-0.3, -0.25) is 4.79 Å². The third kappa shape index (κ3) is 3.91. The number of halogens is 1. The third-order valence-electron chi connectivity index (χ3n) is 4.57. The summed E-state index contributed by atoms with van der Waals surface area (Å²) in [5.74, 6) is -0.370. The SMILES string of the molecule is COc1ccc(F)cc1C(=O)c1cnc(N[C@H]2CC[C@H](N)CC2)nc1N. The lowest BCUT2D eigenvalue weighted by Crippen LogP contribution is -2.33. The number of rotatable bonds is 5. The molecule has 1 saturated carbocycles. The van der Waals surface area contributed by atoms with Gasteiger partial charge < -0.3 is 21.5 Å². The Bertz CT molecular complexity index is 806. The largest absolute Gasteiger partial charge is 0.496 e. The highest BCUT2D eigenvalue weighted by Gasteiger charge is 2.22. The number of ether oxygens (including phenoxy) is 1. The van der Waals surface area contributed by atoms with Crippen molar-refractivity contribution in [3.05, 3.63) is 41.3 Å². The molecule has 1 fully saturated rings. The van der Waals surface area contributed by atoms with Crippen molar-refractivity contribution in [3.8, 4) is 5.75 Å². The number of hydrogen-bond acceptors (Lipinski definition) is 7. The molecular weight excluding hydrogens is 337 g/mol. The van der Waals surface area contributed by atoms with E-state index in [-0.39, 0.29) is 34.8 Å². The molecule has 0 atom stereocenters. The molecule has 0 unspecified atom stereocenters. The molecule has 0 saturated heterocycles. The highest BCUT2D eigenvalue weighted by Crippen LogP contribution is 2.25. The Morgan fingerprint density at radius 3 is 2.65 bits per heavy atom. The Hall–Kier alpha value is -2.74. The quantitative estimate of drug-likeness (QED) is 0.700. The fourth-order valence-electron chi connectivity index (χ4n) is 3.09. The smallest absolute Gasteiger partial charge is 0.224 e. The Kier molecular flexibility index (Phi) is 5.32. The zero-order chi connectivity index (χ0) is 18.7. The van der Waals surface area contributed by atoms with Gasteiger partial charge in [-0.05, 0) is 43.9 Å². The van der Waals surface area contributed by atoms with E-state index in [1.165, 1.54) is 25.4 Å². The highest BCUT2D eigenvalue weighted by atomic mass is 19.1. The minimum absolute atomic E-state index is 0.0336. The van der Waals surface area contributed by atoms with Crippen molar-refractivity contribution in [3.63, 3.8) is 0 Å². The Labute approximate surface area is 151 Å². The number of carbonyl (C=O) groups is 1. The van der Waals surface area contributed by atoms with Gasteiger partial charge in [0.1, 0.15) is 17.4 Å². The monoisotopic (exact) mass is 359 g/mol. The van der Waals surface area contributed by atoms with E-state index in [1.54, 1.807) is 0 Å². The molecule has 0 bridgehead atoms. The van der Waals surface area contributed by atoms with Crippen LogP contribution in [0, 0.1) is 5.82 Å². The molecule has 138 valence electrons. The van der Waals surface area contributed by atoms with Gasteiger partial charge in [0.2, 0.25) is 11.7 Å². The molecule has 1 aromatic carbocycles. The highest BCUT2D eigenvalue weighted by molar-refractivity contribution is 6.13. The average Bonchev–Trinajstić information content (AvgIpc) is 2.63. The molecule has 8 heteroatoms. The number of nitrogens with one attached hydrogen (secondary N) is 1. The molecule has 1 aromatic heterocycles. The summed E-state index contributed by atoms with van der Waals surface area (Å²) in [5.41, 5.74) is 12.0. The van der Waals surface area contributed by atoms with Crippen LogP contribution in [-0.4, -0.2) is 34.9 Å². The van der Waals surface area contributed by atoms with Crippen LogP contribution in [0.5, 0.6) is 5.75 Å². The predicted molar refractivity (Wildman–Crippen MR) is 96.7 cm³/mol. The first-order chi connectivity index (χ1) is 12.5. The lowest BCUT2D eigenvalue weighted by atomic mass is 9.92. The first-order valence-electron chi connectivity index (χ1n) is 8.50. The van der Waals surface area contributed by atoms with Crippen LogP contribution < -0.4 is 21.5 Å². The van der Waals surface area contributed by atoms with E-state index in [1.807, 2.05) is 0 Å². The van der Waals surface area contributed by atoms with Crippen molar-refractivity contribution >= 4 is 17.5 Å². The van der Waals surface area contributed by atoms with Crippen molar-refractivity contribution < 1.29 is 13.9 Å². The molecule has 1 heterocycles. The van der Waals surface area contributed by atoms with E-state index >= 15 is 0 Å². The number of nitrogens with zero attached hydrogens (tertiary/aromatic N) is 2. The van der Waals surface area contributed by atoms with Crippen LogP contribution in [0.3, 0.4) is 0 Å². The van der Waals surface area contributed by atoms with Crippen molar-refractivity contribution in [2.75, 3.05) is 18.2 Å². The lowest BCUT2D eigenvalue weighted by Gasteiger charge is -2.26. The maximum Gasteiger partial charge on any atom is 0.224 e. The van der Waals surface area contributed by atoms with Crippen LogP contribution >= 0.6 is 0 Å². The van der Waals surface area contributed by atoms with E-state index in [9.17, 15) is 9.18 Å². The number of benzene rings is 1. The lowest BCUT2D eigenvalue weighted by molar-refractivity contribution is 0.103. The summed E-state index contributed by atoms with van der Waals surface area (Å²) >= 11 is 0. The minimum Gasteiger partial charge on any atom is -0.496 e. The van der Waals surface area contributed by atoms with E-state index in [4.69, 9.17) is 16.2 Å². The number of nitrogens with two attached hydrogens (primary N) is 2. The molecule has 1 aliphatic carbocycles. The van der Waals surface area contributed by atoms with Gasteiger partial charge in [-0.2, -0.15) is 4.98 Å². The molecule has 3 rings (SSSR count). The van der Waals surface area contributed by atoms with Crippen LogP contribution in [0.25, 0.3) is 0 Å². The van der Waals surface area contributed by atoms with E-state index in [2.05, 4.69) is 15.3 Å². The van der Waals surface area contributed by atoms with Gasteiger partial charge in [0, 0.05) is 18.3 Å². The molecule has 1 aliphatic rings. The second-order valence-corrected chi connectivity index (χ2v) is 6.42. The maximum absolute atomic E-state index is 13.5. The van der Waals surface area contributed by atoms with Gasteiger partial charge >= 0.3 is 0 Å². The van der Waals surface area contributed by atoms with Crippen LogP contribution in [0.15, 0.2) is 24.4 Å². The number of nitrogen functional groups attached to an aromatic ring is 1. The van der Waals surface area contributed by atoms with Gasteiger partial charge in [0.05, 0.1) is 18.2 Å². The first-order valence-corrected chi connectivity index (χ1v) is 8.50. The molecule has 26 heavy (non-hydrogen) atoms. The summed E-state index contributed by atoms with van der Waals surface area (Å²) in [6.07, 6.45) is 5.12. The Morgan fingerprint density at radius 2 is 2.00 bits per heavy atom. The summed E-state index contributed by atoms with van der Waals surface area (Å²) in [6.45, 7) is 0. The molecular formula is C18H22FN5O2. The van der Waals surface area contributed by atoms with E-state index in [0.717, 1.165) is 31.7 Å². The summed E-state index contributed by atoms with van der Waals surface area (Å²) < 4.78 is 18.6. The summed E-state index contributed by atoms with van der Waals surface area (Å²) in [5, 5.41) is 3.23. The predicted octanol–water partition coefficient (Wildman–Crippen LogP) is 2.12. The van der Waals surface area contributed by atoms with E-state index in [0.29, 0.717) is 5.95 Å². The van der Waals surface area contributed by atoms with Gasteiger partial charge in [0.25, 0.3) is 0 Å². The van der Waals surface area contributed by atoms with Gasteiger partial charge in [-0.25, -0.2) is 9.37 Å². The fourth-order valence-corrected chi connectivity index (χ4v) is 3.09. The van der Waals surface area contributed by atoms with Crippen molar-refractivity contribution in [1.29, 1.82) is 0 Å². The van der Waals surface area contributed by atoms with Gasteiger partial charge in [-0.1, -0.05) is 0 Å². The summed E-state index contributed by atoms with van der Waals surface area (Å²) in [7, 11) is 1.41. The van der Waals surface area contributed by atoms with Crippen molar-refractivity contribution in [2.24, 2.45) is 5.73 Å². The molecule has 0 radical (unpaired) electrons. The average molecular weight is 359 g/mol. The van der Waals surface area contributed by atoms with E-state index < -0.39 is 11.6 Å². The van der Waals surface area contributed by atoms with Crippen molar-refractivity contribution in [1.82, 2.24) is 9.97 Å². The standard InChI is InChI=1S/C18H22FN5O2/c1-26-15-7-2-10(19)8-13(15)16(25)14-9-22-18(24-17(14)21)23-12-5-3-11(20)4-6-12/h2,7-9,11-12H,3-6,20H2,1H3,(H3,21,22,23,24)/t11-,12-. The van der Waals surface area contributed by atoms with Crippen LogP contribution in [-0.2, 0) is 0 Å². The number of anilines is 2. The number of methoxy groups -OCH3 is 1.